The molecule has 0 spiro atoms. The molecule has 0 aliphatic carbocycles. The van der Waals surface area contributed by atoms with Crippen LogP contribution in [-0.4, -0.2) is 16.6 Å². The SMILES string of the molecule is C[C@H]1CSC[C@]1(O)c1cccc(F)c1. The van der Waals surface area contributed by atoms with E-state index in [9.17, 15) is 9.50 Å². The zero-order chi connectivity index (χ0) is 10.2. The Kier molecular flexibility index (Phi) is 2.54. The molecule has 0 bridgehead atoms. The van der Waals surface area contributed by atoms with E-state index in [1.54, 1.807) is 23.9 Å². The number of benzene rings is 1. The Hall–Kier alpha value is -0.540. The van der Waals surface area contributed by atoms with E-state index in [1.807, 2.05) is 6.92 Å². The maximum Gasteiger partial charge on any atom is 0.123 e. The summed E-state index contributed by atoms with van der Waals surface area (Å²) in [6.07, 6.45) is 0. The Balaban J connectivity index is 2.38. The predicted octanol–water partition coefficient (Wildman–Crippen LogP) is 2.40. The molecule has 0 unspecified atom stereocenters. The highest BCUT2D eigenvalue weighted by molar-refractivity contribution is 7.99. The lowest BCUT2D eigenvalue weighted by Crippen LogP contribution is -2.32. The number of hydrogen-bond donors (Lipinski definition) is 1. The molecule has 3 heteroatoms. The summed E-state index contributed by atoms with van der Waals surface area (Å²) in [6, 6.07) is 6.28. The maximum absolute atomic E-state index is 13.0. The zero-order valence-corrected chi connectivity index (χ0v) is 8.85. The van der Waals surface area contributed by atoms with Crippen molar-refractivity contribution in [2.24, 2.45) is 5.92 Å². The largest absolute Gasteiger partial charge is 0.384 e. The summed E-state index contributed by atoms with van der Waals surface area (Å²) in [5.74, 6) is 1.51. The van der Waals surface area contributed by atoms with E-state index in [-0.39, 0.29) is 11.7 Å². The fourth-order valence-electron chi connectivity index (χ4n) is 1.80. The minimum Gasteiger partial charge on any atom is -0.384 e. The summed E-state index contributed by atoms with van der Waals surface area (Å²) in [4.78, 5) is 0. The predicted molar refractivity (Wildman–Crippen MR) is 56.8 cm³/mol. The fourth-order valence-corrected chi connectivity index (χ4v) is 3.31. The molecule has 0 radical (unpaired) electrons. The van der Waals surface area contributed by atoms with E-state index >= 15 is 0 Å². The van der Waals surface area contributed by atoms with Gasteiger partial charge in [-0.1, -0.05) is 19.1 Å². The molecule has 1 heterocycles. The van der Waals surface area contributed by atoms with Crippen molar-refractivity contribution < 1.29 is 9.50 Å². The molecule has 1 aliphatic heterocycles. The summed E-state index contributed by atoms with van der Waals surface area (Å²) in [5, 5.41) is 10.4. The first-order valence-corrected chi connectivity index (χ1v) is 5.84. The van der Waals surface area contributed by atoms with Gasteiger partial charge in [0.1, 0.15) is 11.4 Å². The van der Waals surface area contributed by atoms with Gasteiger partial charge in [-0.2, -0.15) is 11.8 Å². The molecule has 1 aromatic carbocycles. The first-order chi connectivity index (χ1) is 6.63. The Bertz CT molecular complexity index is 342. The van der Waals surface area contributed by atoms with E-state index in [0.717, 1.165) is 5.75 Å². The highest BCUT2D eigenvalue weighted by Crippen LogP contribution is 2.41. The van der Waals surface area contributed by atoms with Gasteiger partial charge in [-0.25, -0.2) is 4.39 Å². The van der Waals surface area contributed by atoms with Crippen molar-refractivity contribution in [1.29, 1.82) is 0 Å². The van der Waals surface area contributed by atoms with E-state index < -0.39 is 5.60 Å². The van der Waals surface area contributed by atoms with Crippen LogP contribution >= 0.6 is 11.8 Å². The van der Waals surface area contributed by atoms with Gasteiger partial charge < -0.3 is 5.11 Å². The summed E-state index contributed by atoms with van der Waals surface area (Å²) >= 11 is 1.72. The molecule has 1 nitrogen and oxygen atoms in total. The Morgan fingerprint density at radius 2 is 2.36 bits per heavy atom. The molecule has 0 aromatic heterocycles. The van der Waals surface area contributed by atoms with Crippen LogP contribution in [0.25, 0.3) is 0 Å². The third-order valence-corrected chi connectivity index (χ3v) is 4.21. The Morgan fingerprint density at radius 1 is 1.57 bits per heavy atom. The molecule has 76 valence electrons. The lowest BCUT2D eigenvalue weighted by Gasteiger charge is -2.27. The van der Waals surface area contributed by atoms with Gasteiger partial charge in [-0.15, -0.1) is 0 Å². The van der Waals surface area contributed by atoms with Crippen molar-refractivity contribution >= 4 is 11.8 Å². The van der Waals surface area contributed by atoms with Crippen LogP contribution in [0.3, 0.4) is 0 Å². The Labute approximate surface area is 87.3 Å². The van der Waals surface area contributed by atoms with Gasteiger partial charge in [0.15, 0.2) is 0 Å². The fraction of sp³-hybridized carbons (Fsp3) is 0.455. The van der Waals surface area contributed by atoms with Gasteiger partial charge in [0, 0.05) is 5.75 Å². The molecule has 1 N–H and O–H groups in total. The summed E-state index contributed by atoms with van der Waals surface area (Å²) < 4.78 is 13.0. The molecule has 2 rings (SSSR count). The average molecular weight is 212 g/mol. The number of halogens is 1. The smallest absolute Gasteiger partial charge is 0.123 e. The van der Waals surface area contributed by atoms with Crippen molar-refractivity contribution in [3.05, 3.63) is 35.6 Å². The van der Waals surface area contributed by atoms with Gasteiger partial charge in [-0.3, -0.25) is 0 Å². The van der Waals surface area contributed by atoms with E-state index in [1.165, 1.54) is 12.1 Å². The highest BCUT2D eigenvalue weighted by atomic mass is 32.2. The summed E-state index contributed by atoms with van der Waals surface area (Å²) in [6.45, 7) is 2.00. The molecule has 1 fully saturated rings. The molecule has 0 saturated carbocycles. The zero-order valence-electron chi connectivity index (χ0n) is 8.03. The number of aliphatic hydroxyl groups is 1. The first kappa shape index (κ1) is 9.99. The van der Waals surface area contributed by atoms with Gasteiger partial charge in [-0.05, 0) is 29.4 Å². The van der Waals surface area contributed by atoms with Crippen molar-refractivity contribution in [2.75, 3.05) is 11.5 Å². The van der Waals surface area contributed by atoms with Crippen LogP contribution in [0.5, 0.6) is 0 Å². The maximum atomic E-state index is 13.0. The van der Waals surface area contributed by atoms with Gasteiger partial charge in [0.05, 0.1) is 0 Å². The van der Waals surface area contributed by atoms with Crippen LogP contribution in [0.4, 0.5) is 4.39 Å². The van der Waals surface area contributed by atoms with Crippen LogP contribution in [0, 0.1) is 11.7 Å². The van der Waals surface area contributed by atoms with Crippen LogP contribution in [0.2, 0.25) is 0 Å². The molecule has 0 amide bonds. The number of thioether (sulfide) groups is 1. The second-order valence-corrected chi connectivity index (χ2v) is 4.88. The molecule has 1 aliphatic rings. The van der Waals surface area contributed by atoms with Gasteiger partial charge >= 0.3 is 0 Å². The van der Waals surface area contributed by atoms with Crippen LogP contribution in [0.1, 0.15) is 12.5 Å². The summed E-state index contributed by atoms with van der Waals surface area (Å²) in [5.41, 5.74) is -0.137. The van der Waals surface area contributed by atoms with Crippen LogP contribution in [0.15, 0.2) is 24.3 Å². The quantitative estimate of drug-likeness (QED) is 0.771. The topological polar surface area (TPSA) is 20.2 Å². The Morgan fingerprint density at radius 3 is 2.93 bits per heavy atom. The average Bonchev–Trinajstić information content (AvgIpc) is 2.49. The second-order valence-electron chi connectivity index (χ2n) is 3.85. The second kappa shape index (κ2) is 3.55. The molecular weight excluding hydrogens is 199 g/mol. The van der Waals surface area contributed by atoms with Gasteiger partial charge in [0.2, 0.25) is 0 Å². The molecule has 2 atom stereocenters. The van der Waals surface area contributed by atoms with E-state index in [0.29, 0.717) is 11.3 Å². The van der Waals surface area contributed by atoms with Gasteiger partial charge in [0.25, 0.3) is 0 Å². The minimum absolute atomic E-state index is 0.189. The normalized spacial score (nSPS) is 32.1. The molecule has 14 heavy (non-hydrogen) atoms. The van der Waals surface area contributed by atoms with E-state index in [2.05, 4.69) is 0 Å². The molecule has 1 aromatic rings. The van der Waals surface area contributed by atoms with Crippen LogP contribution < -0.4 is 0 Å². The monoisotopic (exact) mass is 212 g/mol. The lowest BCUT2D eigenvalue weighted by atomic mass is 9.85. The number of rotatable bonds is 1. The third kappa shape index (κ3) is 1.55. The van der Waals surface area contributed by atoms with Crippen LogP contribution in [-0.2, 0) is 5.60 Å². The first-order valence-electron chi connectivity index (χ1n) is 4.69. The molecular formula is C11H13FOS. The minimum atomic E-state index is -0.841. The lowest BCUT2D eigenvalue weighted by molar-refractivity contribution is 0.0232. The highest BCUT2D eigenvalue weighted by Gasteiger charge is 2.40. The van der Waals surface area contributed by atoms with Crippen molar-refractivity contribution in [1.82, 2.24) is 0 Å². The van der Waals surface area contributed by atoms with E-state index in [4.69, 9.17) is 0 Å². The van der Waals surface area contributed by atoms with Crippen molar-refractivity contribution in [3.63, 3.8) is 0 Å². The van der Waals surface area contributed by atoms with Crippen molar-refractivity contribution in [2.45, 2.75) is 12.5 Å². The summed E-state index contributed by atoms with van der Waals surface area (Å²) in [7, 11) is 0. The number of hydrogen-bond acceptors (Lipinski definition) is 2. The molecule has 1 saturated heterocycles. The van der Waals surface area contributed by atoms with Crippen molar-refractivity contribution in [3.8, 4) is 0 Å². The third-order valence-electron chi connectivity index (χ3n) is 2.83. The standard InChI is InChI=1S/C11H13FOS/c1-8-6-14-7-11(8,13)9-3-2-4-10(12)5-9/h2-5,8,13H,6-7H2,1H3/t8-,11+/m0/s1.